The van der Waals surface area contributed by atoms with E-state index < -0.39 is 0 Å². The van der Waals surface area contributed by atoms with Crippen molar-refractivity contribution in [2.75, 3.05) is 32.8 Å². The molecule has 3 aromatic rings. The fourth-order valence-electron chi connectivity index (χ4n) is 4.70. The van der Waals surface area contributed by atoms with Gasteiger partial charge in [-0.05, 0) is 30.9 Å². The number of carbonyl (C=O) groups is 2. The molecule has 8 nitrogen and oxygen atoms in total. The molecule has 0 saturated carbocycles. The Morgan fingerprint density at radius 1 is 1.13 bits per heavy atom. The average Bonchev–Trinajstić information content (AvgIpc) is 3.48. The molecule has 0 unspecified atom stereocenters. The van der Waals surface area contributed by atoms with E-state index in [1.165, 1.54) is 23.6 Å². The molecule has 4 heterocycles. The monoisotopic (exact) mass is 422 g/mol. The van der Waals surface area contributed by atoms with Crippen LogP contribution in [0.15, 0.2) is 47.5 Å². The number of benzene rings is 1. The summed E-state index contributed by atoms with van der Waals surface area (Å²) in [6.07, 6.45) is 7.32. The van der Waals surface area contributed by atoms with Gasteiger partial charge in [-0.2, -0.15) is 0 Å². The van der Waals surface area contributed by atoms with Gasteiger partial charge >= 0.3 is 0 Å². The van der Waals surface area contributed by atoms with Gasteiger partial charge in [0.25, 0.3) is 5.91 Å². The van der Waals surface area contributed by atoms with Crippen LogP contribution < -0.4 is 0 Å². The van der Waals surface area contributed by atoms with Gasteiger partial charge in [0.05, 0.1) is 18.8 Å². The zero-order valence-corrected chi connectivity index (χ0v) is 17.4. The summed E-state index contributed by atoms with van der Waals surface area (Å²) in [5.41, 5.74) is 2.21. The summed E-state index contributed by atoms with van der Waals surface area (Å²) in [5.74, 6) is 0.0418. The first-order valence-corrected chi connectivity index (χ1v) is 10.8. The second kappa shape index (κ2) is 8.19. The molecule has 2 aliphatic rings. The molecule has 2 saturated heterocycles. The smallest absolute Gasteiger partial charge is 0.275 e. The third-order valence-corrected chi connectivity index (χ3v) is 6.50. The normalized spacial score (nSPS) is 18.6. The lowest BCUT2D eigenvalue weighted by atomic mass is 9.89. The van der Waals surface area contributed by atoms with Crippen LogP contribution >= 0.6 is 0 Å². The maximum Gasteiger partial charge on any atom is 0.275 e. The number of aromatic amines is 1. The molecule has 8 heteroatoms. The van der Waals surface area contributed by atoms with Gasteiger partial charge in [-0.1, -0.05) is 18.2 Å². The number of hydrogen-bond donors (Lipinski definition) is 1. The number of carbonyl (C=O) groups excluding carboxylic acids is 2. The average molecular weight is 422 g/mol. The minimum absolute atomic E-state index is 0.131. The number of ether oxygens (including phenoxy) is 1. The number of aromatic nitrogens is 2. The van der Waals surface area contributed by atoms with Crippen molar-refractivity contribution >= 4 is 22.7 Å². The van der Waals surface area contributed by atoms with Gasteiger partial charge < -0.3 is 23.9 Å². The van der Waals surface area contributed by atoms with Crippen LogP contribution in [0, 0.1) is 0 Å². The molecule has 0 bridgehead atoms. The molecule has 31 heavy (non-hydrogen) atoms. The topological polar surface area (TPSA) is 91.7 Å². The van der Waals surface area contributed by atoms with Crippen molar-refractivity contribution in [3.63, 3.8) is 0 Å². The number of hydrogen-bond acceptors (Lipinski definition) is 5. The third-order valence-electron chi connectivity index (χ3n) is 6.50. The van der Waals surface area contributed by atoms with E-state index in [9.17, 15) is 9.59 Å². The highest BCUT2D eigenvalue weighted by Crippen LogP contribution is 2.31. The minimum atomic E-state index is -0.384. The van der Waals surface area contributed by atoms with Gasteiger partial charge in [0, 0.05) is 43.2 Å². The largest absolute Gasteiger partial charge is 0.451 e. The van der Waals surface area contributed by atoms with Gasteiger partial charge in [0.2, 0.25) is 5.91 Å². The Labute approximate surface area is 180 Å². The SMILES string of the molecule is O=C(CCc1c[nH]c2ccccc12)N1CCC2(CC1)CN(C(=O)c1cocn1)CCO2. The Morgan fingerprint density at radius 3 is 2.77 bits per heavy atom. The number of likely N-dealkylation sites (tertiary alicyclic amines) is 1. The lowest BCUT2D eigenvalue weighted by Crippen LogP contribution is -2.58. The van der Waals surface area contributed by atoms with E-state index in [1.807, 2.05) is 29.3 Å². The number of para-hydroxylation sites is 1. The summed E-state index contributed by atoms with van der Waals surface area (Å²) < 4.78 is 11.1. The predicted octanol–water partition coefficient (Wildman–Crippen LogP) is 2.62. The molecule has 2 aliphatic heterocycles. The molecule has 0 aliphatic carbocycles. The highest BCUT2D eigenvalue weighted by molar-refractivity contribution is 5.92. The van der Waals surface area contributed by atoms with Crippen molar-refractivity contribution in [3.05, 3.63) is 54.4 Å². The number of fused-ring (bicyclic) bond motifs is 1. The van der Waals surface area contributed by atoms with E-state index in [2.05, 4.69) is 16.0 Å². The van der Waals surface area contributed by atoms with Crippen LogP contribution in [-0.4, -0.2) is 70.0 Å². The molecule has 5 rings (SSSR count). The second-order valence-corrected chi connectivity index (χ2v) is 8.37. The number of oxazole rings is 1. The summed E-state index contributed by atoms with van der Waals surface area (Å²) in [4.78, 5) is 36.4. The first kappa shape index (κ1) is 19.8. The van der Waals surface area contributed by atoms with Crippen molar-refractivity contribution in [3.8, 4) is 0 Å². The maximum absolute atomic E-state index is 12.8. The van der Waals surface area contributed by atoms with Gasteiger partial charge in [-0.15, -0.1) is 0 Å². The molecule has 1 N–H and O–H groups in total. The molecule has 162 valence electrons. The number of piperidine rings is 1. The summed E-state index contributed by atoms with van der Waals surface area (Å²) >= 11 is 0. The number of morpholine rings is 1. The standard InChI is InChI=1S/C23H26N4O4/c28-21(6-5-17-13-24-19-4-2-1-3-18(17)19)26-9-7-23(8-10-26)15-27(11-12-31-23)22(29)20-14-30-16-25-20/h1-4,13-14,16,24H,5-12,15H2. The molecular formula is C23H26N4O4. The number of rotatable bonds is 4. The van der Waals surface area contributed by atoms with Crippen molar-refractivity contribution in [1.29, 1.82) is 0 Å². The number of H-pyrrole nitrogens is 1. The van der Waals surface area contributed by atoms with Gasteiger partial charge in [-0.3, -0.25) is 9.59 Å². The Balaban J connectivity index is 1.16. The summed E-state index contributed by atoms with van der Waals surface area (Å²) in [6.45, 7) is 2.87. The Morgan fingerprint density at radius 2 is 1.97 bits per heavy atom. The van der Waals surface area contributed by atoms with Crippen molar-refractivity contribution in [1.82, 2.24) is 19.8 Å². The van der Waals surface area contributed by atoms with Gasteiger partial charge in [0.15, 0.2) is 12.1 Å². The fraction of sp³-hybridized carbons (Fsp3) is 0.435. The fourth-order valence-corrected chi connectivity index (χ4v) is 4.70. The van der Waals surface area contributed by atoms with Gasteiger partial charge in [-0.25, -0.2) is 4.98 Å². The van der Waals surface area contributed by atoms with Crippen molar-refractivity contribution in [2.24, 2.45) is 0 Å². The molecule has 1 aromatic carbocycles. The zero-order chi connectivity index (χ0) is 21.3. The summed E-state index contributed by atoms with van der Waals surface area (Å²) in [6, 6.07) is 8.16. The van der Waals surface area contributed by atoms with E-state index in [-0.39, 0.29) is 17.4 Å². The van der Waals surface area contributed by atoms with Crippen LogP contribution in [0.2, 0.25) is 0 Å². The number of nitrogens with zero attached hydrogens (tertiary/aromatic N) is 3. The molecule has 2 amide bonds. The third kappa shape index (κ3) is 3.95. The van der Waals surface area contributed by atoms with Crippen LogP contribution in [0.3, 0.4) is 0 Å². The van der Waals surface area contributed by atoms with E-state index >= 15 is 0 Å². The highest BCUT2D eigenvalue weighted by atomic mass is 16.5. The lowest BCUT2D eigenvalue weighted by Gasteiger charge is -2.47. The summed E-state index contributed by atoms with van der Waals surface area (Å²) in [5, 5.41) is 1.18. The Bertz CT molecular complexity index is 1070. The first-order chi connectivity index (χ1) is 15.1. The number of aryl methyl sites for hydroxylation is 1. The molecule has 0 radical (unpaired) electrons. The molecule has 2 fully saturated rings. The van der Waals surface area contributed by atoms with E-state index in [4.69, 9.17) is 9.15 Å². The maximum atomic E-state index is 12.8. The molecule has 0 atom stereocenters. The predicted molar refractivity (Wildman–Crippen MR) is 114 cm³/mol. The summed E-state index contributed by atoms with van der Waals surface area (Å²) in [7, 11) is 0. The van der Waals surface area contributed by atoms with E-state index in [1.54, 1.807) is 4.90 Å². The molecule has 2 aromatic heterocycles. The van der Waals surface area contributed by atoms with Crippen LogP contribution in [0.1, 0.15) is 35.3 Å². The highest BCUT2D eigenvalue weighted by Gasteiger charge is 2.42. The van der Waals surface area contributed by atoms with Gasteiger partial charge in [0.1, 0.15) is 6.26 Å². The van der Waals surface area contributed by atoms with Crippen molar-refractivity contribution < 1.29 is 18.7 Å². The zero-order valence-electron chi connectivity index (χ0n) is 17.4. The Hall–Kier alpha value is -3.13. The minimum Gasteiger partial charge on any atom is -0.451 e. The molecule has 1 spiro atoms. The lowest BCUT2D eigenvalue weighted by molar-refractivity contribution is -0.147. The van der Waals surface area contributed by atoms with Crippen LogP contribution in [0.25, 0.3) is 10.9 Å². The van der Waals surface area contributed by atoms with Crippen LogP contribution in [0.5, 0.6) is 0 Å². The second-order valence-electron chi connectivity index (χ2n) is 8.37. The molecular weight excluding hydrogens is 396 g/mol. The Kier molecular flexibility index (Phi) is 5.23. The van der Waals surface area contributed by atoms with Crippen LogP contribution in [0.4, 0.5) is 0 Å². The number of nitrogens with one attached hydrogen (secondary N) is 1. The van der Waals surface area contributed by atoms with E-state index in [0.717, 1.165) is 24.8 Å². The van der Waals surface area contributed by atoms with Crippen LogP contribution in [-0.2, 0) is 16.0 Å². The number of amides is 2. The quantitative estimate of drug-likeness (QED) is 0.698. The van der Waals surface area contributed by atoms with Crippen molar-refractivity contribution in [2.45, 2.75) is 31.3 Å². The first-order valence-electron chi connectivity index (χ1n) is 10.8. The van der Waals surface area contributed by atoms with E-state index in [0.29, 0.717) is 44.9 Å².